The maximum absolute atomic E-state index is 14.2. The molecule has 0 spiro atoms. The zero-order chi connectivity index (χ0) is 21.9. The van der Waals surface area contributed by atoms with Crippen molar-refractivity contribution in [2.45, 2.75) is 51.8 Å². The van der Waals surface area contributed by atoms with Gasteiger partial charge in [0.05, 0.1) is 0 Å². The predicted molar refractivity (Wildman–Crippen MR) is 104 cm³/mol. The second-order valence-electron chi connectivity index (χ2n) is 7.65. The number of ketones is 3. The minimum atomic E-state index is -2.13. The highest BCUT2D eigenvalue weighted by Crippen LogP contribution is 2.31. The number of Topliss-reactive ketones (excluding diaryl/α,β-unsaturated/α-hetero) is 3. The number of fused-ring (bicyclic) bond motifs is 1. The van der Waals surface area contributed by atoms with Crippen LogP contribution in [0, 0.1) is 5.92 Å². The molecule has 7 nitrogen and oxygen atoms in total. The van der Waals surface area contributed by atoms with E-state index in [1.165, 1.54) is 6.07 Å². The zero-order valence-corrected chi connectivity index (χ0v) is 17.0. The number of ether oxygens (including phenoxy) is 1. The first-order valence-corrected chi connectivity index (χ1v) is 9.52. The molecule has 1 aliphatic rings. The second-order valence-corrected chi connectivity index (χ2v) is 7.65. The predicted octanol–water partition coefficient (Wildman–Crippen LogP) is 2.41. The first-order valence-electron chi connectivity index (χ1n) is 9.52. The fraction of sp³-hybridized carbons (Fsp3) is 0.524. The number of rotatable bonds is 1. The number of alkyl halides is 1. The molecule has 2 rings (SSSR count). The van der Waals surface area contributed by atoms with Crippen molar-refractivity contribution in [1.82, 2.24) is 0 Å². The number of esters is 1. The summed E-state index contributed by atoms with van der Waals surface area (Å²) in [4.78, 5) is 50.3. The van der Waals surface area contributed by atoms with Crippen LogP contribution in [-0.2, 0) is 25.5 Å². The summed E-state index contributed by atoms with van der Waals surface area (Å²) < 4.78 is 19.6. The Kier molecular flexibility index (Phi) is 7.11. The summed E-state index contributed by atoms with van der Waals surface area (Å²) in [6, 6.07) is 3.13. The van der Waals surface area contributed by atoms with Gasteiger partial charge in [0.15, 0.2) is 6.17 Å². The van der Waals surface area contributed by atoms with Crippen molar-refractivity contribution >= 4 is 29.0 Å². The summed E-state index contributed by atoms with van der Waals surface area (Å²) >= 11 is 0. The van der Waals surface area contributed by atoms with Gasteiger partial charge in [0.2, 0.25) is 11.6 Å². The Morgan fingerprint density at radius 2 is 1.76 bits per heavy atom. The lowest BCUT2D eigenvalue weighted by atomic mass is 9.93. The van der Waals surface area contributed by atoms with Crippen LogP contribution in [0.1, 0.15) is 49.0 Å². The molecule has 158 valence electrons. The fourth-order valence-electron chi connectivity index (χ4n) is 3.16. The number of aromatic hydroxyl groups is 1. The Morgan fingerprint density at radius 1 is 1.10 bits per heavy atom. The van der Waals surface area contributed by atoms with Crippen LogP contribution in [0.2, 0.25) is 0 Å². The summed E-state index contributed by atoms with van der Waals surface area (Å²) in [5, 5.41) is 10.4. The lowest BCUT2D eigenvalue weighted by Gasteiger charge is -2.23. The molecule has 8 heteroatoms. The number of nitrogens with zero attached hydrogens (tertiary/aromatic N) is 1. The van der Waals surface area contributed by atoms with E-state index in [-0.39, 0.29) is 37.0 Å². The average Bonchev–Trinajstić information content (AvgIpc) is 2.65. The molecule has 0 fully saturated rings. The van der Waals surface area contributed by atoms with Crippen molar-refractivity contribution in [1.29, 1.82) is 0 Å². The molecule has 0 aliphatic carbocycles. The summed E-state index contributed by atoms with van der Waals surface area (Å²) in [6.07, 6.45) is -3.18. The number of aryl methyl sites for hydroxylation is 1. The van der Waals surface area contributed by atoms with E-state index in [1.807, 2.05) is 0 Å². The van der Waals surface area contributed by atoms with E-state index in [4.69, 9.17) is 4.74 Å². The van der Waals surface area contributed by atoms with Gasteiger partial charge in [-0.3, -0.25) is 14.4 Å². The van der Waals surface area contributed by atoms with Crippen molar-refractivity contribution in [3.63, 3.8) is 0 Å². The van der Waals surface area contributed by atoms with Gasteiger partial charge in [-0.2, -0.15) is 0 Å². The van der Waals surface area contributed by atoms with Gasteiger partial charge in [-0.1, -0.05) is 6.92 Å². The molecule has 1 heterocycles. The van der Waals surface area contributed by atoms with E-state index in [0.29, 0.717) is 11.3 Å². The highest BCUT2D eigenvalue weighted by Gasteiger charge is 2.33. The van der Waals surface area contributed by atoms with Gasteiger partial charge in [-0.05, 0) is 43.7 Å². The third-order valence-electron chi connectivity index (χ3n) is 5.19. The highest BCUT2D eigenvalue weighted by molar-refractivity contribution is 6.64. The van der Waals surface area contributed by atoms with E-state index >= 15 is 0 Å². The van der Waals surface area contributed by atoms with Crippen molar-refractivity contribution < 1.29 is 33.4 Å². The van der Waals surface area contributed by atoms with E-state index < -0.39 is 41.5 Å². The van der Waals surface area contributed by atoms with Crippen LogP contribution in [0.5, 0.6) is 5.75 Å². The molecule has 1 aromatic carbocycles. The van der Waals surface area contributed by atoms with Crippen molar-refractivity contribution in [3.8, 4) is 5.75 Å². The number of benzene rings is 1. The number of phenols is 1. The topological polar surface area (TPSA) is 101 Å². The summed E-state index contributed by atoms with van der Waals surface area (Å²) in [6.45, 7) is 3.12. The first kappa shape index (κ1) is 22.5. The van der Waals surface area contributed by atoms with Crippen LogP contribution in [-0.4, -0.2) is 54.8 Å². The van der Waals surface area contributed by atoms with E-state index in [0.717, 1.165) is 0 Å². The van der Waals surface area contributed by atoms with Crippen molar-refractivity contribution in [3.05, 3.63) is 23.3 Å². The lowest BCUT2D eigenvalue weighted by Crippen LogP contribution is -2.34. The third kappa shape index (κ3) is 5.19. The van der Waals surface area contributed by atoms with Crippen LogP contribution >= 0.6 is 0 Å². The molecule has 0 aromatic heterocycles. The van der Waals surface area contributed by atoms with Crippen LogP contribution < -0.4 is 4.90 Å². The zero-order valence-electron chi connectivity index (χ0n) is 17.0. The first-order chi connectivity index (χ1) is 13.5. The SMILES string of the molecule is C[C@@H]1CC(F)C(=O)C(=O)C(=O)CCCc2cc(N(C)C)cc(O)c2C(=O)O[C@H]1C. The molecule has 1 aromatic rings. The number of carbonyl (C=O) groups is 4. The molecular weight excluding hydrogens is 381 g/mol. The molecule has 1 N–H and O–H groups in total. The van der Waals surface area contributed by atoms with Crippen molar-refractivity contribution in [2.24, 2.45) is 5.92 Å². The van der Waals surface area contributed by atoms with E-state index in [1.54, 1.807) is 38.9 Å². The highest BCUT2D eigenvalue weighted by atomic mass is 19.1. The van der Waals surface area contributed by atoms with Crippen LogP contribution in [0.25, 0.3) is 0 Å². The van der Waals surface area contributed by atoms with Gasteiger partial charge in [-0.15, -0.1) is 0 Å². The number of anilines is 1. The number of hydrogen-bond acceptors (Lipinski definition) is 7. The summed E-state index contributed by atoms with van der Waals surface area (Å²) in [7, 11) is 3.54. The maximum Gasteiger partial charge on any atom is 0.342 e. The molecule has 1 aliphatic heterocycles. The molecule has 1 unspecified atom stereocenters. The van der Waals surface area contributed by atoms with Gasteiger partial charge >= 0.3 is 5.97 Å². The second kappa shape index (κ2) is 9.15. The molecule has 3 atom stereocenters. The number of phenolic OH excluding ortho intramolecular Hbond substituents is 1. The number of hydrogen-bond donors (Lipinski definition) is 1. The quantitative estimate of drug-likeness (QED) is 0.563. The minimum Gasteiger partial charge on any atom is -0.507 e. The monoisotopic (exact) mass is 407 g/mol. The maximum atomic E-state index is 14.2. The molecule has 0 bridgehead atoms. The van der Waals surface area contributed by atoms with Gasteiger partial charge in [0.1, 0.15) is 17.4 Å². The Bertz CT molecular complexity index is 835. The van der Waals surface area contributed by atoms with Gasteiger partial charge in [0, 0.05) is 32.3 Å². The standard InChI is InChI=1S/C21H26FNO6/c1-11-8-15(22)19(26)20(27)16(24)7-5-6-13-9-14(23(3)4)10-17(25)18(13)21(28)29-12(11)2/h9-12,15,25H,5-8H2,1-4H3/t11-,12+,15?/m1/s1. The molecular formula is C21H26FNO6. The minimum absolute atomic E-state index is 0.0154. The molecule has 0 saturated heterocycles. The number of halogens is 1. The van der Waals surface area contributed by atoms with Crippen molar-refractivity contribution in [2.75, 3.05) is 19.0 Å². The van der Waals surface area contributed by atoms with Gasteiger partial charge < -0.3 is 14.7 Å². The summed E-state index contributed by atoms with van der Waals surface area (Å²) in [5.74, 6) is -5.25. The molecule has 0 saturated carbocycles. The number of cyclic esters (lactones) is 1. The Labute approximate surface area is 168 Å². The normalized spacial score (nSPS) is 24.5. The van der Waals surface area contributed by atoms with E-state index in [9.17, 15) is 28.7 Å². The average molecular weight is 407 g/mol. The number of carbonyl (C=O) groups excluding carboxylic acids is 4. The van der Waals surface area contributed by atoms with Crippen LogP contribution in [0.15, 0.2) is 12.1 Å². The molecule has 29 heavy (non-hydrogen) atoms. The third-order valence-corrected chi connectivity index (χ3v) is 5.19. The Hall–Kier alpha value is -2.77. The molecule has 0 amide bonds. The van der Waals surface area contributed by atoms with E-state index in [2.05, 4.69) is 0 Å². The van der Waals surface area contributed by atoms with Gasteiger partial charge in [0.25, 0.3) is 5.78 Å². The largest absolute Gasteiger partial charge is 0.507 e. The lowest BCUT2D eigenvalue weighted by molar-refractivity contribution is -0.146. The van der Waals surface area contributed by atoms with Crippen LogP contribution in [0.3, 0.4) is 0 Å². The summed E-state index contributed by atoms with van der Waals surface area (Å²) in [5.41, 5.74) is 1.10. The Morgan fingerprint density at radius 3 is 2.38 bits per heavy atom. The van der Waals surface area contributed by atoms with Crippen LogP contribution in [0.4, 0.5) is 10.1 Å². The fourth-order valence-corrected chi connectivity index (χ4v) is 3.16. The smallest absolute Gasteiger partial charge is 0.342 e. The Balaban J connectivity index is 2.45. The van der Waals surface area contributed by atoms with Gasteiger partial charge in [-0.25, -0.2) is 9.18 Å². The molecule has 0 radical (unpaired) electrons.